The number of aliphatic carboxylic acids is 1. The quantitative estimate of drug-likeness (QED) is 0.440. The molecule has 0 radical (unpaired) electrons. The maximum atomic E-state index is 11.0. The number of nitro groups is 1. The van der Waals surface area contributed by atoms with Gasteiger partial charge in [0, 0.05) is 18.7 Å². The van der Waals surface area contributed by atoms with E-state index in [4.69, 9.17) is 5.11 Å². The van der Waals surface area contributed by atoms with Crippen molar-refractivity contribution in [1.82, 2.24) is 5.32 Å². The number of carboxylic acid groups (broad SMARTS) is 1. The molecule has 96 valence electrons. The average Bonchev–Trinajstić information content (AvgIpc) is 2.28. The van der Waals surface area contributed by atoms with Crippen LogP contribution in [0.1, 0.15) is 12.0 Å². The van der Waals surface area contributed by atoms with Gasteiger partial charge in [0.05, 0.1) is 4.92 Å². The van der Waals surface area contributed by atoms with E-state index in [9.17, 15) is 19.7 Å². The highest BCUT2D eigenvalue weighted by molar-refractivity contribution is 5.93. The van der Waals surface area contributed by atoms with Gasteiger partial charge in [-0.1, -0.05) is 12.1 Å². The average molecular weight is 252 g/mol. The summed E-state index contributed by atoms with van der Waals surface area (Å²) in [5.74, 6) is -1.73. The maximum Gasteiger partial charge on any atom is 0.312 e. The number of carbonyl (C=O) groups is 2. The predicted molar refractivity (Wildman–Crippen MR) is 62.1 cm³/mol. The summed E-state index contributed by atoms with van der Waals surface area (Å²) in [6.45, 7) is 0.296. The molecule has 1 aromatic rings. The molecule has 0 spiro atoms. The first-order valence-corrected chi connectivity index (χ1v) is 5.21. The van der Waals surface area contributed by atoms with Gasteiger partial charge in [0.2, 0.25) is 5.91 Å². The lowest BCUT2D eigenvalue weighted by molar-refractivity contribution is -0.384. The summed E-state index contributed by atoms with van der Waals surface area (Å²) in [5.41, 5.74) is 0.838. The Morgan fingerprint density at radius 1 is 1.28 bits per heavy atom. The molecule has 7 heteroatoms. The van der Waals surface area contributed by atoms with Gasteiger partial charge in [-0.25, -0.2) is 0 Å². The molecule has 2 N–H and O–H groups in total. The zero-order valence-corrected chi connectivity index (χ0v) is 9.46. The van der Waals surface area contributed by atoms with Crippen molar-refractivity contribution in [2.75, 3.05) is 6.54 Å². The predicted octanol–water partition coefficient (Wildman–Crippen LogP) is 0.728. The van der Waals surface area contributed by atoms with Crippen LogP contribution in [0.25, 0.3) is 0 Å². The molecule has 18 heavy (non-hydrogen) atoms. The standard InChI is InChI=1S/C11H12N2O5/c14-10(7-11(15)16)12-6-5-8-1-3-9(4-2-8)13(17)18/h1-4H,5-7H2,(H,12,14)(H,15,16). The van der Waals surface area contributed by atoms with Crippen LogP contribution in [0.5, 0.6) is 0 Å². The summed E-state index contributed by atoms with van der Waals surface area (Å²) in [6, 6.07) is 5.96. The first-order chi connectivity index (χ1) is 8.49. The van der Waals surface area contributed by atoms with Crippen LogP contribution in [0.2, 0.25) is 0 Å². The number of nitrogens with one attached hydrogen (secondary N) is 1. The Morgan fingerprint density at radius 3 is 2.39 bits per heavy atom. The normalized spacial score (nSPS) is 9.78. The fraction of sp³-hybridized carbons (Fsp3) is 0.273. The number of non-ortho nitro benzene ring substituents is 1. The second kappa shape index (κ2) is 6.33. The van der Waals surface area contributed by atoms with Gasteiger partial charge < -0.3 is 10.4 Å². The zero-order chi connectivity index (χ0) is 13.5. The molecule has 0 aliphatic heterocycles. The molecule has 1 amide bonds. The number of nitro benzene ring substituents is 1. The molecule has 0 saturated carbocycles. The van der Waals surface area contributed by atoms with Crippen LogP contribution in [0.15, 0.2) is 24.3 Å². The van der Waals surface area contributed by atoms with Crippen molar-refractivity contribution in [2.24, 2.45) is 0 Å². The molecule has 0 aliphatic carbocycles. The molecule has 7 nitrogen and oxygen atoms in total. The first-order valence-electron chi connectivity index (χ1n) is 5.21. The van der Waals surface area contributed by atoms with Crippen LogP contribution >= 0.6 is 0 Å². The SMILES string of the molecule is O=C(O)CC(=O)NCCc1ccc([N+](=O)[O-])cc1. The van der Waals surface area contributed by atoms with Crippen molar-refractivity contribution in [2.45, 2.75) is 12.8 Å². The summed E-state index contributed by atoms with van der Waals surface area (Å²) in [4.78, 5) is 31.1. The van der Waals surface area contributed by atoms with Crippen LogP contribution in [0.3, 0.4) is 0 Å². The molecule has 0 atom stereocenters. The van der Waals surface area contributed by atoms with Crippen molar-refractivity contribution in [1.29, 1.82) is 0 Å². The first kappa shape index (κ1) is 13.6. The van der Waals surface area contributed by atoms with E-state index in [1.54, 1.807) is 12.1 Å². The minimum Gasteiger partial charge on any atom is -0.481 e. The van der Waals surface area contributed by atoms with Gasteiger partial charge >= 0.3 is 5.97 Å². The van der Waals surface area contributed by atoms with Crippen LogP contribution in [0.4, 0.5) is 5.69 Å². The van der Waals surface area contributed by atoms with Crippen molar-refractivity contribution >= 4 is 17.6 Å². The number of amides is 1. The highest BCUT2D eigenvalue weighted by atomic mass is 16.6. The van der Waals surface area contributed by atoms with E-state index < -0.39 is 23.2 Å². The minimum absolute atomic E-state index is 0.00802. The van der Waals surface area contributed by atoms with Crippen LogP contribution in [0, 0.1) is 10.1 Å². The third kappa shape index (κ3) is 4.60. The van der Waals surface area contributed by atoms with Crippen molar-refractivity contribution in [3.05, 3.63) is 39.9 Å². The van der Waals surface area contributed by atoms with Crippen LogP contribution in [-0.4, -0.2) is 28.5 Å². The van der Waals surface area contributed by atoms with E-state index in [1.807, 2.05) is 0 Å². The Balaban J connectivity index is 2.38. The number of benzene rings is 1. The van der Waals surface area contributed by atoms with Gasteiger partial charge in [0.25, 0.3) is 5.69 Å². The van der Waals surface area contributed by atoms with E-state index in [0.717, 1.165) is 5.56 Å². The van der Waals surface area contributed by atoms with Gasteiger partial charge in [0.1, 0.15) is 6.42 Å². The number of rotatable bonds is 6. The monoisotopic (exact) mass is 252 g/mol. The summed E-state index contributed by atoms with van der Waals surface area (Å²) >= 11 is 0. The van der Waals surface area contributed by atoms with E-state index in [1.165, 1.54) is 12.1 Å². The van der Waals surface area contributed by atoms with E-state index in [-0.39, 0.29) is 5.69 Å². The smallest absolute Gasteiger partial charge is 0.312 e. The molecule has 0 saturated heterocycles. The van der Waals surface area contributed by atoms with Gasteiger partial charge in [-0.2, -0.15) is 0 Å². The zero-order valence-electron chi connectivity index (χ0n) is 9.46. The molecule has 0 aliphatic rings. The third-order valence-corrected chi connectivity index (χ3v) is 2.19. The van der Waals surface area contributed by atoms with Crippen molar-refractivity contribution < 1.29 is 19.6 Å². The van der Waals surface area contributed by atoms with Crippen molar-refractivity contribution in [3.8, 4) is 0 Å². The summed E-state index contributed by atoms with van der Waals surface area (Å²) in [7, 11) is 0. The van der Waals surface area contributed by atoms with Crippen molar-refractivity contribution in [3.63, 3.8) is 0 Å². The number of carbonyl (C=O) groups excluding carboxylic acids is 1. The number of carboxylic acids is 1. The van der Waals surface area contributed by atoms with Crippen LogP contribution < -0.4 is 5.32 Å². The Morgan fingerprint density at radius 2 is 1.89 bits per heavy atom. The Kier molecular flexibility index (Phi) is 4.79. The lowest BCUT2D eigenvalue weighted by Gasteiger charge is -2.03. The summed E-state index contributed by atoms with van der Waals surface area (Å²) in [5, 5.41) is 21.2. The Labute approximate surface area is 103 Å². The summed E-state index contributed by atoms with van der Waals surface area (Å²) in [6.07, 6.45) is -0.0659. The summed E-state index contributed by atoms with van der Waals surface area (Å²) < 4.78 is 0. The second-order valence-corrected chi connectivity index (χ2v) is 3.59. The lowest BCUT2D eigenvalue weighted by Crippen LogP contribution is -2.27. The van der Waals surface area contributed by atoms with E-state index in [2.05, 4.69) is 5.32 Å². The molecule has 1 aromatic carbocycles. The molecule has 0 bridgehead atoms. The molecule has 0 heterocycles. The molecule has 0 aromatic heterocycles. The van der Waals surface area contributed by atoms with E-state index >= 15 is 0 Å². The second-order valence-electron chi connectivity index (χ2n) is 3.59. The molecular formula is C11H12N2O5. The largest absolute Gasteiger partial charge is 0.481 e. The third-order valence-electron chi connectivity index (χ3n) is 2.19. The molecule has 0 fully saturated rings. The molecular weight excluding hydrogens is 240 g/mol. The Hall–Kier alpha value is -2.44. The Bertz CT molecular complexity index is 455. The highest BCUT2D eigenvalue weighted by Crippen LogP contribution is 2.11. The van der Waals surface area contributed by atoms with Gasteiger partial charge in [-0.05, 0) is 12.0 Å². The maximum absolute atomic E-state index is 11.0. The fourth-order valence-corrected chi connectivity index (χ4v) is 1.33. The van der Waals surface area contributed by atoms with Crippen LogP contribution in [-0.2, 0) is 16.0 Å². The van der Waals surface area contributed by atoms with E-state index in [0.29, 0.717) is 13.0 Å². The van der Waals surface area contributed by atoms with Gasteiger partial charge in [0.15, 0.2) is 0 Å². The lowest BCUT2D eigenvalue weighted by atomic mass is 10.1. The topological polar surface area (TPSA) is 110 Å². The van der Waals surface area contributed by atoms with Gasteiger partial charge in [-0.3, -0.25) is 19.7 Å². The highest BCUT2D eigenvalue weighted by Gasteiger charge is 2.07. The fourth-order valence-electron chi connectivity index (χ4n) is 1.33. The molecule has 0 unspecified atom stereocenters. The molecule has 1 rings (SSSR count). The number of hydrogen-bond acceptors (Lipinski definition) is 4. The number of hydrogen-bond donors (Lipinski definition) is 2. The number of nitrogens with zero attached hydrogens (tertiary/aromatic N) is 1. The van der Waals surface area contributed by atoms with Gasteiger partial charge in [-0.15, -0.1) is 0 Å². The minimum atomic E-state index is -1.18.